The SMILES string of the molecule is O=C1Nc2ccccc2C1C=Nc1ccc(NCC2CCCO2)c(F)c1. The predicted octanol–water partition coefficient (Wildman–Crippen LogP) is 3.85. The van der Waals surface area contributed by atoms with Crippen LogP contribution in [0.4, 0.5) is 21.5 Å². The summed E-state index contributed by atoms with van der Waals surface area (Å²) in [5.41, 5.74) is 2.59. The lowest BCUT2D eigenvalue weighted by Gasteiger charge is -2.12. The number of rotatable bonds is 5. The van der Waals surface area contributed by atoms with Gasteiger partial charge in [-0.3, -0.25) is 9.79 Å². The fourth-order valence-corrected chi connectivity index (χ4v) is 3.30. The molecule has 2 aromatic rings. The van der Waals surface area contributed by atoms with Crippen LogP contribution < -0.4 is 10.6 Å². The van der Waals surface area contributed by atoms with Gasteiger partial charge in [0.15, 0.2) is 0 Å². The van der Waals surface area contributed by atoms with Crippen molar-refractivity contribution in [2.24, 2.45) is 4.99 Å². The van der Waals surface area contributed by atoms with Gasteiger partial charge in [0.2, 0.25) is 5.91 Å². The Morgan fingerprint density at radius 1 is 1.31 bits per heavy atom. The lowest BCUT2D eigenvalue weighted by molar-refractivity contribution is -0.115. The summed E-state index contributed by atoms with van der Waals surface area (Å²) in [6.07, 6.45) is 3.77. The van der Waals surface area contributed by atoms with E-state index in [-0.39, 0.29) is 17.8 Å². The topological polar surface area (TPSA) is 62.7 Å². The molecule has 0 spiro atoms. The van der Waals surface area contributed by atoms with Gasteiger partial charge >= 0.3 is 0 Å². The van der Waals surface area contributed by atoms with Gasteiger partial charge in [0.1, 0.15) is 11.7 Å². The number of para-hydroxylation sites is 1. The number of nitrogens with one attached hydrogen (secondary N) is 2. The minimum atomic E-state index is -0.452. The van der Waals surface area contributed by atoms with Crippen LogP contribution in [0.2, 0.25) is 0 Å². The van der Waals surface area contributed by atoms with Crippen molar-refractivity contribution in [3.8, 4) is 0 Å². The number of amides is 1. The maximum absolute atomic E-state index is 14.3. The molecule has 5 nitrogen and oxygen atoms in total. The van der Waals surface area contributed by atoms with Crippen molar-refractivity contribution in [1.82, 2.24) is 0 Å². The summed E-state index contributed by atoms with van der Waals surface area (Å²) in [4.78, 5) is 16.4. The third-order valence-corrected chi connectivity index (χ3v) is 4.71. The van der Waals surface area contributed by atoms with Crippen molar-refractivity contribution in [1.29, 1.82) is 0 Å². The number of nitrogens with zero attached hydrogens (tertiary/aromatic N) is 1. The van der Waals surface area contributed by atoms with Crippen LogP contribution in [0.3, 0.4) is 0 Å². The molecule has 26 heavy (non-hydrogen) atoms. The highest BCUT2D eigenvalue weighted by molar-refractivity contribution is 6.12. The van der Waals surface area contributed by atoms with Gasteiger partial charge in [0.05, 0.1) is 17.5 Å². The number of carbonyl (C=O) groups excluding carboxylic acids is 1. The van der Waals surface area contributed by atoms with E-state index in [0.717, 1.165) is 30.7 Å². The van der Waals surface area contributed by atoms with Crippen LogP contribution in [0.15, 0.2) is 47.5 Å². The van der Waals surface area contributed by atoms with E-state index in [1.54, 1.807) is 18.3 Å². The standard InChI is InChI=1S/C20H20FN3O2/c21-17-10-13(7-8-19(17)23-11-14-4-3-9-26-14)22-12-16-15-5-1-2-6-18(15)24-20(16)25/h1-2,5-8,10,12,14,16,23H,3-4,9,11H2,(H,24,25). The van der Waals surface area contributed by atoms with Gasteiger partial charge in [-0.05, 0) is 36.6 Å². The van der Waals surface area contributed by atoms with Crippen LogP contribution in [0.5, 0.6) is 0 Å². The quantitative estimate of drug-likeness (QED) is 0.803. The predicted molar refractivity (Wildman–Crippen MR) is 99.8 cm³/mol. The number of hydrogen-bond acceptors (Lipinski definition) is 4. The first-order chi connectivity index (χ1) is 12.7. The number of hydrogen-bond donors (Lipinski definition) is 2. The molecule has 0 radical (unpaired) electrons. The monoisotopic (exact) mass is 353 g/mol. The molecule has 2 aliphatic rings. The molecule has 0 aliphatic carbocycles. The number of halogens is 1. The molecule has 6 heteroatoms. The van der Waals surface area contributed by atoms with Crippen LogP contribution in [-0.4, -0.2) is 31.4 Å². The zero-order chi connectivity index (χ0) is 17.9. The third-order valence-electron chi connectivity index (χ3n) is 4.71. The van der Waals surface area contributed by atoms with Crippen LogP contribution in [0.1, 0.15) is 24.3 Å². The molecule has 0 saturated carbocycles. The molecule has 0 bridgehead atoms. The number of ether oxygens (including phenoxy) is 1. The Balaban J connectivity index is 1.44. The van der Waals surface area contributed by atoms with E-state index in [0.29, 0.717) is 17.9 Å². The van der Waals surface area contributed by atoms with Crippen LogP contribution in [0, 0.1) is 5.82 Å². The normalized spacial score (nSPS) is 21.8. The van der Waals surface area contributed by atoms with Gasteiger partial charge in [0.25, 0.3) is 0 Å². The molecule has 1 saturated heterocycles. The number of aliphatic imine (C=N–C) groups is 1. The molecular weight excluding hydrogens is 333 g/mol. The molecule has 2 aromatic carbocycles. The lowest BCUT2D eigenvalue weighted by Crippen LogP contribution is -2.18. The first-order valence-electron chi connectivity index (χ1n) is 8.80. The molecule has 1 fully saturated rings. The molecule has 2 aliphatic heterocycles. The van der Waals surface area contributed by atoms with Gasteiger partial charge in [-0.15, -0.1) is 0 Å². The van der Waals surface area contributed by atoms with Crippen LogP contribution in [-0.2, 0) is 9.53 Å². The van der Waals surface area contributed by atoms with Gasteiger partial charge < -0.3 is 15.4 Å². The molecule has 2 unspecified atom stereocenters. The van der Waals surface area contributed by atoms with E-state index < -0.39 is 5.92 Å². The van der Waals surface area contributed by atoms with E-state index in [1.807, 2.05) is 24.3 Å². The first kappa shape index (κ1) is 16.7. The molecule has 134 valence electrons. The van der Waals surface area contributed by atoms with E-state index in [2.05, 4.69) is 15.6 Å². The van der Waals surface area contributed by atoms with E-state index in [4.69, 9.17) is 4.74 Å². The van der Waals surface area contributed by atoms with E-state index in [1.165, 1.54) is 6.07 Å². The van der Waals surface area contributed by atoms with Gasteiger partial charge in [-0.1, -0.05) is 18.2 Å². The largest absolute Gasteiger partial charge is 0.380 e. The Labute approximate surface area is 151 Å². The highest BCUT2D eigenvalue weighted by Gasteiger charge is 2.28. The number of carbonyl (C=O) groups is 1. The second-order valence-electron chi connectivity index (χ2n) is 6.51. The van der Waals surface area contributed by atoms with Crippen molar-refractivity contribution < 1.29 is 13.9 Å². The van der Waals surface area contributed by atoms with Crippen molar-refractivity contribution >= 4 is 29.2 Å². The molecule has 2 atom stereocenters. The summed E-state index contributed by atoms with van der Waals surface area (Å²) in [5, 5.41) is 5.90. The first-order valence-corrected chi connectivity index (χ1v) is 8.80. The molecule has 0 aromatic heterocycles. The Bertz CT molecular complexity index is 847. The van der Waals surface area contributed by atoms with Gasteiger partial charge in [-0.2, -0.15) is 0 Å². The molecular formula is C20H20FN3O2. The van der Waals surface area contributed by atoms with E-state index >= 15 is 0 Å². The average molecular weight is 353 g/mol. The second-order valence-corrected chi connectivity index (χ2v) is 6.51. The zero-order valence-electron chi connectivity index (χ0n) is 14.2. The Morgan fingerprint density at radius 2 is 2.19 bits per heavy atom. The summed E-state index contributed by atoms with van der Waals surface area (Å²) < 4.78 is 19.8. The highest BCUT2D eigenvalue weighted by atomic mass is 19.1. The fraction of sp³-hybridized carbons (Fsp3) is 0.300. The van der Waals surface area contributed by atoms with Crippen molar-refractivity contribution in [2.75, 3.05) is 23.8 Å². The van der Waals surface area contributed by atoms with Crippen molar-refractivity contribution in [2.45, 2.75) is 24.9 Å². The molecule has 1 amide bonds. The summed E-state index contributed by atoms with van der Waals surface area (Å²) >= 11 is 0. The maximum Gasteiger partial charge on any atom is 0.237 e. The summed E-state index contributed by atoms with van der Waals surface area (Å²) in [7, 11) is 0. The molecule has 2 N–H and O–H groups in total. The fourth-order valence-electron chi connectivity index (χ4n) is 3.30. The summed E-state index contributed by atoms with van der Waals surface area (Å²) in [5.74, 6) is -0.939. The number of anilines is 2. The molecule has 2 heterocycles. The number of fused-ring (bicyclic) bond motifs is 1. The smallest absolute Gasteiger partial charge is 0.237 e. The van der Waals surface area contributed by atoms with Crippen LogP contribution >= 0.6 is 0 Å². The minimum absolute atomic E-state index is 0.120. The third kappa shape index (κ3) is 3.46. The van der Waals surface area contributed by atoms with Crippen LogP contribution in [0.25, 0.3) is 0 Å². The van der Waals surface area contributed by atoms with Gasteiger partial charge in [-0.25, -0.2) is 4.39 Å². The Kier molecular flexibility index (Phi) is 4.67. The highest BCUT2D eigenvalue weighted by Crippen LogP contribution is 2.31. The Hall–Kier alpha value is -2.73. The lowest BCUT2D eigenvalue weighted by atomic mass is 10.0. The summed E-state index contributed by atoms with van der Waals surface area (Å²) in [6, 6.07) is 12.3. The summed E-state index contributed by atoms with van der Waals surface area (Å²) in [6.45, 7) is 1.37. The second kappa shape index (κ2) is 7.25. The Morgan fingerprint density at radius 3 is 3.00 bits per heavy atom. The zero-order valence-corrected chi connectivity index (χ0v) is 14.2. The maximum atomic E-state index is 14.3. The number of benzene rings is 2. The van der Waals surface area contributed by atoms with Gasteiger partial charge in [0, 0.05) is 31.1 Å². The van der Waals surface area contributed by atoms with Crippen molar-refractivity contribution in [3.63, 3.8) is 0 Å². The minimum Gasteiger partial charge on any atom is -0.380 e. The van der Waals surface area contributed by atoms with Crippen molar-refractivity contribution in [3.05, 3.63) is 53.8 Å². The van der Waals surface area contributed by atoms with E-state index in [9.17, 15) is 9.18 Å². The molecule has 4 rings (SSSR count). The average Bonchev–Trinajstić information content (AvgIpc) is 3.26.